The Morgan fingerprint density at radius 1 is 1.69 bits per heavy atom. The van der Waals surface area contributed by atoms with Crippen molar-refractivity contribution in [1.29, 1.82) is 0 Å². The molecule has 0 spiro atoms. The smallest absolute Gasteiger partial charge is 0.316 e. The third-order valence-electron chi connectivity index (χ3n) is 1.52. The monoisotopic (exact) mass is 182 g/mol. The summed E-state index contributed by atoms with van der Waals surface area (Å²) in [5.41, 5.74) is 6.45. The Balaban J connectivity index is 3.12. The summed E-state index contributed by atoms with van der Waals surface area (Å²) in [5, 5.41) is 11.3. The first-order valence-electron chi connectivity index (χ1n) is 3.54. The summed E-state index contributed by atoms with van der Waals surface area (Å²) in [6.07, 6.45) is 1.44. The van der Waals surface area contributed by atoms with Crippen molar-refractivity contribution in [2.24, 2.45) is 10.9 Å². The van der Waals surface area contributed by atoms with E-state index in [1.807, 2.05) is 0 Å². The molecule has 1 aromatic heterocycles. The summed E-state index contributed by atoms with van der Waals surface area (Å²) < 4.78 is 4.80. The minimum Gasteiger partial charge on any atom is -0.467 e. The number of nitrogens with zero attached hydrogens (tertiary/aromatic N) is 3. The minimum atomic E-state index is -0.0137. The number of rotatable bonds is 2. The molecule has 3 N–H and O–H groups in total. The van der Waals surface area contributed by atoms with E-state index in [4.69, 9.17) is 15.7 Å². The molecule has 0 bridgehead atoms. The molecule has 0 amide bonds. The van der Waals surface area contributed by atoms with E-state index < -0.39 is 0 Å². The Morgan fingerprint density at radius 2 is 2.38 bits per heavy atom. The Hall–Kier alpha value is -1.85. The van der Waals surface area contributed by atoms with E-state index in [9.17, 15) is 0 Å². The second-order valence-electron chi connectivity index (χ2n) is 2.34. The number of hydrogen-bond donors (Lipinski definition) is 2. The van der Waals surface area contributed by atoms with Crippen LogP contribution in [0.15, 0.2) is 11.4 Å². The molecule has 70 valence electrons. The van der Waals surface area contributed by atoms with E-state index >= 15 is 0 Å². The fraction of sp³-hybridized carbons (Fsp3) is 0.286. The molecule has 0 saturated carbocycles. The van der Waals surface area contributed by atoms with Crippen molar-refractivity contribution in [2.45, 2.75) is 6.92 Å². The van der Waals surface area contributed by atoms with Crippen LogP contribution in [-0.2, 0) is 0 Å². The van der Waals surface area contributed by atoms with Crippen LogP contribution in [0, 0.1) is 6.92 Å². The average Bonchev–Trinajstić information content (AvgIpc) is 2.16. The van der Waals surface area contributed by atoms with Crippen LogP contribution in [0.2, 0.25) is 0 Å². The van der Waals surface area contributed by atoms with E-state index in [1.165, 1.54) is 13.3 Å². The lowest BCUT2D eigenvalue weighted by Gasteiger charge is -2.03. The molecular formula is C7H10N4O2. The van der Waals surface area contributed by atoms with Gasteiger partial charge in [0.15, 0.2) is 5.84 Å². The lowest BCUT2D eigenvalue weighted by molar-refractivity contribution is 0.318. The first kappa shape index (κ1) is 9.24. The highest BCUT2D eigenvalue weighted by Crippen LogP contribution is 2.07. The van der Waals surface area contributed by atoms with Gasteiger partial charge in [-0.1, -0.05) is 5.16 Å². The SMILES string of the molecule is COc1ncc(/C(N)=N\O)c(C)n1. The molecule has 1 rings (SSSR count). The zero-order valence-corrected chi connectivity index (χ0v) is 7.35. The molecule has 0 atom stereocenters. The van der Waals surface area contributed by atoms with E-state index in [2.05, 4.69) is 15.1 Å². The van der Waals surface area contributed by atoms with Crippen molar-refractivity contribution >= 4 is 5.84 Å². The van der Waals surface area contributed by atoms with Gasteiger partial charge in [-0.15, -0.1) is 0 Å². The maximum Gasteiger partial charge on any atom is 0.316 e. The molecule has 0 aliphatic heterocycles. The summed E-state index contributed by atoms with van der Waals surface area (Å²) in [7, 11) is 1.47. The number of aryl methyl sites for hydroxylation is 1. The second kappa shape index (κ2) is 3.70. The largest absolute Gasteiger partial charge is 0.467 e. The Bertz CT molecular complexity index is 337. The van der Waals surface area contributed by atoms with Crippen molar-refractivity contribution in [1.82, 2.24) is 9.97 Å². The van der Waals surface area contributed by atoms with Crippen molar-refractivity contribution in [2.75, 3.05) is 7.11 Å². The molecule has 0 unspecified atom stereocenters. The fourth-order valence-corrected chi connectivity index (χ4v) is 0.849. The number of aromatic nitrogens is 2. The van der Waals surface area contributed by atoms with Crippen LogP contribution in [-0.4, -0.2) is 28.1 Å². The number of hydrogen-bond acceptors (Lipinski definition) is 5. The molecule has 1 aromatic rings. The van der Waals surface area contributed by atoms with Gasteiger partial charge in [-0.05, 0) is 6.92 Å². The van der Waals surface area contributed by atoms with Gasteiger partial charge in [0.05, 0.1) is 18.4 Å². The van der Waals surface area contributed by atoms with Crippen LogP contribution < -0.4 is 10.5 Å². The number of nitrogens with two attached hydrogens (primary N) is 1. The Labute approximate surface area is 75.1 Å². The van der Waals surface area contributed by atoms with E-state index in [-0.39, 0.29) is 11.8 Å². The van der Waals surface area contributed by atoms with E-state index in [1.54, 1.807) is 6.92 Å². The standard InChI is InChI=1S/C7H10N4O2/c1-4-5(6(8)11-12)3-9-7(10-4)13-2/h3,12H,1-2H3,(H2,8,11). The van der Waals surface area contributed by atoms with E-state index in [0.29, 0.717) is 11.3 Å². The molecule has 0 aliphatic rings. The maximum atomic E-state index is 8.42. The van der Waals surface area contributed by atoms with Crippen LogP contribution in [0.1, 0.15) is 11.3 Å². The van der Waals surface area contributed by atoms with Gasteiger partial charge in [0.2, 0.25) is 0 Å². The van der Waals surface area contributed by atoms with Gasteiger partial charge in [-0.25, -0.2) is 4.98 Å². The summed E-state index contributed by atoms with van der Waals surface area (Å²) in [5.74, 6) is -0.0137. The first-order chi connectivity index (χ1) is 6.19. The van der Waals surface area contributed by atoms with Crippen LogP contribution >= 0.6 is 0 Å². The Kier molecular flexibility index (Phi) is 2.63. The van der Waals surface area contributed by atoms with Crippen LogP contribution in [0.3, 0.4) is 0 Å². The number of oxime groups is 1. The second-order valence-corrected chi connectivity index (χ2v) is 2.34. The molecule has 13 heavy (non-hydrogen) atoms. The molecular weight excluding hydrogens is 172 g/mol. The predicted molar refractivity (Wildman–Crippen MR) is 45.8 cm³/mol. The summed E-state index contributed by atoms with van der Waals surface area (Å²) in [4.78, 5) is 7.78. The number of methoxy groups -OCH3 is 1. The highest BCUT2D eigenvalue weighted by Gasteiger charge is 2.06. The van der Waals surface area contributed by atoms with Gasteiger partial charge in [-0.2, -0.15) is 4.98 Å². The molecule has 0 aromatic carbocycles. The molecule has 6 nitrogen and oxygen atoms in total. The minimum absolute atomic E-state index is 0.0137. The van der Waals surface area contributed by atoms with Crippen LogP contribution in [0.4, 0.5) is 0 Å². The van der Waals surface area contributed by atoms with Gasteiger partial charge >= 0.3 is 6.01 Å². The molecule has 0 radical (unpaired) electrons. The molecule has 6 heteroatoms. The van der Waals surface area contributed by atoms with Gasteiger partial charge in [0.25, 0.3) is 0 Å². The predicted octanol–water partition coefficient (Wildman–Crippen LogP) is -0.112. The number of amidine groups is 1. The van der Waals surface area contributed by atoms with Gasteiger partial charge in [-0.3, -0.25) is 0 Å². The van der Waals surface area contributed by atoms with Gasteiger partial charge in [0, 0.05) is 6.20 Å². The zero-order valence-electron chi connectivity index (χ0n) is 7.35. The highest BCUT2D eigenvalue weighted by atomic mass is 16.5. The summed E-state index contributed by atoms with van der Waals surface area (Å²) in [6, 6.07) is 0.256. The molecule has 1 heterocycles. The number of ether oxygens (including phenoxy) is 1. The van der Waals surface area contributed by atoms with Gasteiger partial charge in [0.1, 0.15) is 0 Å². The third kappa shape index (κ3) is 1.84. The lowest BCUT2D eigenvalue weighted by atomic mass is 10.2. The van der Waals surface area contributed by atoms with E-state index in [0.717, 1.165) is 0 Å². The highest BCUT2D eigenvalue weighted by molar-refractivity contribution is 5.97. The molecule has 0 fully saturated rings. The van der Waals surface area contributed by atoms with Crippen molar-refractivity contribution in [3.63, 3.8) is 0 Å². The molecule has 0 saturated heterocycles. The fourth-order valence-electron chi connectivity index (χ4n) is 0.849. The maximum absolute atomic E-state index is 8.42. The van der Waals surface area contributed by atoms with Crippen molar-refractivity contribution < 1.29 is 9.94 Å². The quantitative estimate of drug-likeness (QED) is 0.288. The average molecular weight is 182 g/mol. The topological polar surface area (TPSA) is 93.6 Å². The Morgan fingerprint density at radius 3 is 2.85 bits per heavy atom. The van der Waals surface area contributed by atoms with Gasteiger partial charge < -0.3 is 15.7 Å². The normalized spacial score (nSPS) is 11.4. The first-order valence-corrected chi connectivity index (χ1v) is 3.54. The summed E-state index contributed by atoms with van der Waals surface area (Å²) in [6.45, 7) is 1.72. The third-order valence-corrected chi connectivity index (χ3v) is 1.52. The van der Waals surface area contributed by atoms with Crippen molar-refractivity contribution in [3.8, 4) is 6.01 Å². The molecule has 0 aliphatic carbocycles. The zero-order chi connectivity index (χ0) is 9.84. The van der Waals surface area contributed by atoms with Crippen molar-refractivity contribution in [3.05, 3.63) is 17.5 Å². The van der Waals surface area contributed by atoms with Crippen LogP contribution in [0.25, 0.3) is 0 Å². The summed E-state index contributed by atoms with van der Waals surface area (Å²) >= 11 is 0. The lowest BCUT2D eigenvalue weighted by Crippen LogP contribution is -2.16. The van der Waals surface area contributed by atoms with Crippen LogP contribution in [0.5, 0.6) is 6.01 Å².